The second-order valence-electron chi connectivity index (χ2n) is 3.82. The Bertz CT molecular complexity index is 182. The van der Waals surface area contributed by atoms with Crippen LogP contribution in [0.2, 0.25) is 0 Å². The summed E-state index contributed by atoms with van der Waals surface area (Å²) in [7, 11) is 0. The number of likely N-dealkylation sites (tertiary alicyclic amines) is 1. The van der Waals surface area contributed by atoms with E-state index in [-0.39, 0.29) is 11.9 Å². The summed E-state index contributed by atoms with van der Waals surface area (Å²) >= 11 is 0. The fourth-order valence-corrected chi connectivity index (χ4v) is 1.75. The predicted molar refractivity (Wildman–Crippen MR) is 52.0 cm³/mol. The molecule has 0 aliphatic carbocycles. The number of piperidine rings is 1. The van der Waals surface area contributed by atoms with Gasteiger partial charge in [-0.05, 0) is 32.2 Å². The number of carbonyl (C=O) groups is 1. The summed E-state index contributed by atoms with van der Waals surface area (Å²) in [5.41, 5.74) is 11.1. The highest BCUT2D eigenvalue weighted by Crippen LogP contribution is 2.15. The lowest BCUT2D eigenvalue weighted by atomic mass is 9.98. The lowest BCUT2D eigenvalue weighted by Gasteiger charge is -2.33. The maximum absolute atomic E-state index is 11.5. The number of nitrogens with zero attached hydrogens (tertiary/aromatic N) is 1. The summed E-state index contributed by atoms with van der Waals surface area (Å²) in [6.45, 7) is 4.03. The lowest BCUT2D eigenvalue weighted by molar-refractivity contribution is -0.133. The number of hydrogen-bond acceptors (Lipinski definition) is 3. The number of amides is 1. The second-order valence-corrected chi connectivity index (χ2v) is 3.82. The van der Waals surface area contributed by atoms with Crippen molar-refractivity contribution in [3.8, 4) is 0 Å². The Kier molecular flexibility index (Phi) is 3.69. The van der Waals surface area contributed by atoms with Gasteiger partial charge in [-0.2, -0.15) is 0 Å². The van der Waals surface area contributed by atoms with Gasteiger partial charge < -0.3 is 16.4 Å². The molecule has 1 saturated heterocycles. The van der Waals surface area contributed by atoms with Crippen molar-refractivity contribution in [2.24, 2.45) is 17.4 Å². The Morgan fingerprint density at radius 1 is 1.69 bits per heavy atom. The van der Waals surface area contributed by atoms with Gasteiger partial charge in [-0.25, -0.2) is 0 Å². The van der Waals surface area contributed by atoms with E-state index in [9.17, 15) is 4.79 Å². The highest BCUT2D eigenvalue weighted by atomic mass is 16.2. The molecule has 4 nitrogen and oxygen atoms in total. The predicted octanol–water partition coefficient (Wildman–Crippen LogP) is -0.469. The summed E-state index contributed by atoms with van der Waals surface area (Å²) in [4.78, 5) is 13.4. The maximum atomic E-state index is 11.5. The van der Waals surface area contributed by atoms with E-state index in [0.717, 1.165) is 25.9 Å². The number of rotatable bonds is 2. The molecule has 0 aromatic heterocycles. The van der Waals surface area contributed by atoms with Gasteiger partial charge in [0.1, 0.15) is 0 Å². The average molecular weight is 185 g/mol. The minimum absolute atomic E-state index is 0.0538. The van der Waals surface area contributed by atoms with E-state index >= 15 is 0 Å². The Morgan fingerprint density at radius 3 is 2.92 bits per heavy atom. The summed E-state index contributed by atoms with van der Waals surface area (Å²) < 4.78 is 0. The van der Waals surface area contributed by atoms with Gasteiger partial charge in [0, 0.05) is 13.1 Å². The van der Waals surface area contributed by atoms with Crippen molar-refractivity contribution in [1.29, 1.82) is 0 Å². The fourth-order valence-electron chi connectivity index (χ4n) is 1.75. The number of nitrogens with two attached hydrogens (primary N) is 2. The molecule has 0 aromatic rings. The van der Waals surface area contributed by atoms with E-state index in [0.29, 0.717) is 12.5 Å². The third-order valence-corrected chi connectivity index (χ3v) is 2.55. The number of carbonyl (C=O) groups excluding carboxylic acids is 1. The first kappa shape index (κ1) is 10.5. The number of hydrogen-bond donors (Lipinski definition) is 2. The van der Waals surface area contributed by atoms with E-state index in [2.05, 4.69) is 0 Å². The Labute approximate surface area is 79.3 Å². The molecule has 1 amide bonds. The van der Waals surface area contributed by atoms with Crippen molar-refractivity contribution in [3.05, 3.63) is 0 Å². The minimum atomic E-state index is -0.378. The van der Waals surface area contributed by atoms with Crippen molar-refractivity contribution in [1.82, 2.24) is 4.90 Å². The van der Waals surface area contributed by atoms with Gasteiger partial charge in [0.05, 0.1) is 6.04 Å². The molecular formula is C9H19N3O. The topological polar surface area (TPSA) is 72.4 Å². The molecule has 1 aliphatic heterocycles. The van der Waals surface area contributed by atoms with Crippen molar-refractivity contribution in [2.45, 2.75) is 25.8 Å². The average Bonchev–Trinajstić information content (AvgIpc) is 2.16. The Morgan fingerprint density at radius 2 is 2.38 bits per heavy atom. The summed E-state index contributed by atoms with van der Waals surface area (Å²) in [6, 6.07) is -0.378. The van der Waals surface area contributed by atoms with Crippen LogP contribution in [-0.2, 0) is 4.79 Å². The van der Waals surface area contributed by atoms with Gasteiger partial charge in [-0.15, -0.1) is 0 Å². The van der Waals surface area contributed by atoms with Gasteiger partial charge in [-0.3, -0.25) is 4.79 Å². The molecule has 2 atom stereocenters. The molecule has 1 unspecified atom stereocenters. The SMILES string of the molecule is C[C@@H](N)C(=O)N1CCCC(CN)C1. The van der Waals surface area contributed by atoms with E-state index in [1.807, 2.05) is 4.90 Å². The van der Waals surface area contributed by atoms with E-state index < -0.39 is 0 Å². The molecule has 0 spiro atoms. The molecular weight excluding hydrogens is 166 g/mol. The van der Waals surface area contributed by atoms with Crippen LogP contribution in [0.5, 0.6) is 0 Å². The Balaban J connectivity index is 2.46. The molecule has 13 heavy (non-hydrogen) atoms. The second kappa shape index (κ2) is 4.58. The van der Waals surface area contributed by atoms with E-state index in [1.54, 1.807) is 6.92 Å². The van der Waals surface area contributed by atoms with Crippen LogP contribution in [0, 0.1) is 5.92 Å². The Hall–Kier alpha value is -0.610. The zero-order chi connectivity index (χ0) is 9.84. The zero-order valence-electron chi connectivity index (χ0n) is 8.20. The normalized spacial score (nSPS) is 25.8. The first-order valence-electron chi connectivity index (χ1n) is 4.89. The van der Waals surface area contributed by atoms with Crippen LogP contribution in [0.1, 0.15) is 19.8 Å². The quantitative estimate of drug-likeness (QED) is 0.611. The monoisotopic (exact) mass is 185 g/mol. The molecule has 0 aromatic carbocycles. The fraction of sp³-hybridized carbons (Fsp3) is 0.889. The van der Waals surface area contributed by atoms with Crippen LogP contribution >= 0.6 is 0 Å². The largest absolute Gasteiger partial charge is 0.341 e. The molecule has 4 N–H and O–H groups in total. The van der Waals surface area contributed by atoms with Crippen LogP contribution in [-0.4, -0.2) is 36.5 Å². The van der Waals surface area contributed by atoms with Crippen LogP contribution in [0.3, 0.4) is 0 Å². The smallest absolute Gasteiger partial charge is 0.239 e. The van der Waals surface area contributed by atoms with Crippen molar-refractivity contribution in [3.63, 3.8) is 0 Å². The molecule has 0 bridgehead atoms. The highest BCUT2D eigenvalue weighted by molar-refractivity contribution is 5.81. The molecule has 76 valence electrons. The van der Waals surface area contributed by atoms with Crippen molar-refractivity contribution < 1.29 is 4.79 Å². The van der Waals surface area contributed by atoms with Gasteiger partial charge in [0.25, 0.3) is 0 Å². The minimum Gasteiger partial charge on any atom is -0.341 e. The van der Waals surface area contributed by atoms with Gasteiger partial charge in [-0.1, -0.05) is 0 Å². The van der Waals surface area contributed by atoms with Crippen molar-refractivity contribution in [2.75, 3.05) is 19.6 Å². The molecule has 4 heteroatoms. The van der Waals surface area contributed by atoms with Crippen LogP contribution in [0.15, 0.2) is 0 Å². The van der Waals surface area contributed by atoms with Gasteiger partial charge in [0.15, 0.2) is 0 Å². The standard InChI is InChI=1S/C9H19N3O/c1-7(11)9(13)12-4-2-3-8(5-10)6-12/h7-8H,2-6,10-11H2,1H3/t7-,8?/m1/s1. The third kappa shape index (κ3) is 2.67. The summed E-state index contributed by atoms with van der Waals surface area (Å²) in [6.07, 6.45) is 2.19. The molecule has 1 aliphatic rings. The lowest BCUT2D eigenvalue weighted by Crippen LogP contribution is -2.47. The zero-order valence-corrected chi connectivity index (χ0v) is 8.20. The molecule has 1 rings (SSSR count). The molecule has 0 saturated carbocycles. The summed E-state index contributed by atoms with van der Waals surface area (Å²) in [5.74, 6) is 0.523. The molecule has 1 fully saturated rings. The van der Waals surface area contributed by atoms with Crippen LogP contribution < -0.4 is 11.5 Å². The third-order valence-electron chi connectivity index (χ3n) is 2.55. The van der Waals surface area contributed by atoms with E-state index in [4.69, 9.17) is 11.5 Å². The van der Waals surface area contributed by atoms with Crippen LogP contribution in [0.4, 0.5) is 0 Å². The molecule has 0 radical (unpaired) electrons. The van der Waals surface area contributed by atoms with Gasteiger partial charge in [0.2, 0.25) is 5.91 Å². The maximum Gasteiger partial charge on any atom is 0.239 e. The first-order chi connectivity index (χ1) is 6.15. The first-order valence-corrected chi connectivity index (χ1v) is 4.89. The van der Waals surface area contributed by atoms with Crippen molar-refractivity contribution >= 4 is 5.91 Å². The molecule has 1 heterocycles. The highest BCUT2D eigenvalue weighted by Gasteiger charge is 2.24. The van der Waals surface area contributed by atoms with E-state index in [1.165, 1.54) is 0 Å². The van der Waals surface area contributed by atoms with Gasteiger partial charge >= 0.3 is 0 Å². The van der Waals surface area contributed by atoms with Crippen LogP contribution in [0.25, 0.3) is 0 Å². The summed E-state index contributed by atoms with van der Waals surface area (Å²) in [5, 5.41) is 0.